The summed E-state index contributed by atoms with van der Waals surface area (Å²) in [6.07, 6.45) is 3.64. The summed E-state index contributed by atoms with van der Waals surface area (Å²) in [5.41, 5.74) is 7.51. The molecule has 20 heavy (non-hydrogen) atoms. The van der Waals surface area contributed by atoms with Crippen LogP contribution in [0.15, 0.2) is 30.3 Å². The van der Waals surface area contributed by atoms with E-state index >= 15 is 0 Å². The average molecular weight is 273 g/mol. The maximum Gasteiger partial charge on any atom is 0.0238 e. The Labute approximate surface area is 122 Å². The number of likely N-dealkylation sites (tertiary alicyclic amines) is 2. The molecule has 0 bridgehead atoms. The lowest BCUT2D eigenvalue weighted by Gasteiger charge is -2.40. The average Bonchev–Trinajstić information content (AvgIpc) is 2.88. The van der Waals surface area contributed by atoms with E-state index in [2.05, 4.69) is 47.1 Å². The van der Waals surface area contributed by atoms with E-state index in [4.69, 9.17) is 5.73 Å². The van der Waals surface area contributed by atoms with E-state index in [9.17, 15) is 0 Å². The third-order valence-corrected chi connectivity index (χ3v) is 4.93. The van der Waals surface area contributed by atoms with Gasteiger partial charge in [-0.1, -0.05) is 30.3 Å². The first-order valence-electron chi connectivity index (χ1n) is 8.00. The number of piperidine rings is 1. The minimum absolute atomic E-state index is 0.420. The first kappa shape index (κ1) is 14.1. The van der Waals surface area contributed by atoms with Crippen molar-refractivity contribution < 1.29 is 0 Å². The molecule has 1 aromatic carbocycles. The molecule has 3 heteroatoms. The molecule has 2 aliphatic rings. The fraction of sp³-hybridized carbons (Fsp3) is 0.647. The fourth-order valence-corrected chi connectivity index (χ4v) is 3.84. The molecule has 0 aromatic heterocycles. The van der Waals surface area contributed by atoms with Gasteiger partial charge in [-0.2, -0.15) is 0 Å². The maximum absolute atomic E-state index is 6.08. The topological polar surface area (TPSA) is 32.5 Å². The molecule has 0 saturated carbocycles. The summed E-state index contributed by atoms with van der Waals surface area (Å²) in [6.45, 7) is 7.08. The zero-order chi connectivity index (χ0) is 13.9. The molecule has 3 rings (SSSR count). The van der Waals surface area contributed by atoms with Crippen LogP contribution in [0.5, 0.6) is 0 Å². The fourth-order valence-electron chi connectivity index (χ4n) is 3.84. The highest BCUT2D eigenvalue weighted by Gasteiger charge is 2.33. The van der Waals surface area contributed by atoms with Crippen LogP contribution in [0.2, 0.25) is 0 Å². The summed E-state index contributed by atoms with van der Waals surface area (Å²) in [5.74, 6) is 0. The van der Waals surface area contributed by atoms with Crippen molar-refractivity contribution in [2.45, 2.75) is 50.9 Å². The van der Waals surface area contributed by atoms with Crippen LogP contribution in [-0.2, 0) is 6.54 Å². The lowest BCUT2D eigenvalue weighted by molar-refractivity contribution is 0.0975. The Bertz CT molecular complexity index is 420. The molecule has 2 N–H and O–H groups in total. The highest BCUT2D eigenvalue weighted by molar-refractivity contribution is 5.14. The Hall–Kier alpha value is -0.900. The SMILES string of the molecule is CC1CC(N)CCN1C1CCN(Cc2ccccc2)C1. The van der Waals surface area contributed by atoms with Crippen LogP contribution in [0, 0.1) is 0 Å². The molecule has 2 saturated heterocycles. The summed E-state index contributed by atoms with van der Waals surface area (Å²) >= 11 is 0. The molecule has 3 unspecified atom stereocenters. The number of nitrogens with two attached hydrogens (primary N) is 1. The summed E-state index contributed by atoms with van der Waals surface area (Å²) in [5, 5.41) is 0. The summed E-state index contributed by atoms with van der Waals surface area (Å²) in [4.78, 5) is 5.30. The van der Waals surface area contributed by atoms with Crippen molar-refractivity contribution in [2.75, 3.05) is 19.6 Å². The second kappa shape index (κ2) is 6.25. The van der Waals surface area contributed by atoms with Crippen LogP contribution in [0.1, 0.15) is 31.7 Å². The zero-order valence-corrected chi connectivity index (χ0v) is 12.5. The van der Waals surface area contributed by atoms with E-state index in [1.54, 1.807) is 0 Å². The van der Waals surface area contributed by atoms with Gasteiger partial charge in [-0.3, -0.25) is 9.80 Å². The van der Waals surface area contributed by atoms with Crippen molar-refractivity contribution in [1.82, 2.24) is 9.80 Å². The van der Waals surface area contributed by atoms with Crippen LogP contribution in [-0.4, -0.2) is 47.6 Å². The Balaban J connectivity index is 1.54. The molecular weight excluding hydrogens is 246 g/mol. The molecule has 0 spiro atoms. The molecule has 1 aromatic rings. The molecule has 2 heterocycles. The van der Waals surface area contributed by atoms with Gasteiger partial charge < -0.3 is 5.73 Å². The molecule has 3 nitrogen and oxygen atoms in total. The van der Waals surface area contributed by atoms with Crippen molar-refractivity contribution in [3.63, 3.8) is 0 Å². The number of rotatable bonds is 3. The second-order valence-electron chi connectivity index (χ2n) is 6.53. The lowest BCUT2D eigenvalue weighted by atomic mass is 9.97. The smallest absolute Gasteiger partial charge is 0.0238 e. The van der Waals surface area contributed by atoms with E-state index in [0.717, 1.165) is 19.0 Å². The van der Waals surface area contributed by atoms with Gasteiger partial charge in [-0.15, -0.1) is 0 Å². The van der Waals surface area contributed by atoms with Gasteiger partial charge >= 0.3 is 0 Å². The normalized spacial score (nSPS) is 32.6. The number of nitrogens with zero attached hydrogens (tertiary/aromatic N) is 2. The minimum atomic E-state index is 0.420. The monoisotopic (exact) mass is 273 g/mol. The van der Waals surface area contributed by atoms with Crippen LogP contribution in [0.3, 0.4) is 0 Å². The van der Waals surface area contributed by atoms with Crippen LogP contribution in [0.25, 0.3) is 0 Å². The largest absolute Gasteiger partial charge is 0.328 e. The van der Waals surface area contributed by atoms with Gasteiger partial charge in [-0.05, 0) is 31.7 Å². The molecule has 0 aliphatic carbocycles. The van der Waals surface area contributed by atoms with Crippen molar-refractivity contribution >= 4 is 0 Å². The summed E-state index contributed by atoms with van der Waals surface area (Å²) < 4.78 is 0. The van der Waals surface area contributed by atoms with Gasteiger partial charge in [0, 0.05) is 44.3 Å². The molecule has 0 amide bonds. The molecule has 2 fully saturated rings. The minimum Gasteiger partial charge on any atom is -0.328 e. The third-order valence-electron chi connectivity index (χ3n) is 4.93. The first-order valence-corrected chi connectivity index (χ1v) is 8.00. The second-order valence-corrected chi connectivity index (χ2v) is 6.53. The van der Waals surface area contributed by atoms with Crippen molar-refractivity contribution in [3.8, 4) is 0 Å². The van der Waals surface area contributed by atoms with E-state index in [1.807, 2.05) is 0 Å². The molecule has 0 radical (unpaired) electrons. The van der Waals surface area contributed by atoms with Crippen LogP contribution >= 0.6 is 0 Å². The molecule has 110 valence electrons. The standard InChI is InChI=1S/C17H27N3/c1-14-11-16(18)7-10-20(14)17-8-9-19(13-17)12-15-5-3-2-4-6-15/h2-6,14,16-17H,7-13,18H2,1H3. The first-order chi connectivity index (χ1) is 9.72. The Morgan fingerprint density at radius 1 is 1.15 bits per heavy atom. The third kappa shape index (κ3) is 3.22. The predicted octanol–water partition coefficient (Wildman–Crippen LogP) is 2.07. The van der Waals surface area contributed by atoms with Crippen LogP contribution in [0.4, 0.5) is 0 Å². The number of hydrogen-bond donors (Lipinski definition) is 1. The van der Waals surface area contributed by atoms with E-state index in [0.29, 0.717) is 12.1 Å². The Morgan fingerprint density at radius 2 is 1.95 bits per heavy atom. The van der Waals surface area contributed by atoms with Gasteiger partial charge in [0.05, 0.1) is 0 Å². The Kier molecular flexibility index (Phi) is 4.39. The number of benzene rings is 1. The highest BCUT2D eigenvalue weighted by atomic mass is 15.3. The van der Waals surface area contributed by atoms with Gasteiger partial charge in [0.2, 0.25) is 0 Å². The van der Waals surface area contributed by atoms with Gasteiger partial charge in [0.25, 0.3) is 0 Å². The number of hydrogen-bond acceptors (Lipinski definition) is 3. The predicted molar refractivity (Wildman–Crippen MR) is 83.5 cm³/mol. The zero-order valence-electron chi connectivity index (χ0n) is 12.5. The molecule has 3 atom stereocenters. The molecule has 2 aliphatic heterocycles. The van der Waals surface area contributed by atoms with Gasteiger partial charge in [0.1, 0.15) is 0 Å². The van der Waals surface area contributed by atoms with Gasteiger partial charge in [-0.25, -0.2) is 0 Å². The Morgan fingerprint density at radius 3 is 2.70 bits per heavy atom. The lowest BCUT2D eigenvalue weighted by Crippen LogP contribution is -2.50. The quantitative estimate of drug-likeness (QED) is 0.915. The van der Waals surface area contributed by atoms with Crippen molar-refractivity contribution in [1.29, 1.82) is 0 Å². The molecular formula is C17H27N3. The van der Waals surface area contributed by atoms with Gasteiger partial charge in [0.15, 0.2) is 0 Å². The van der Waals surface area contributed by atoms with E-state index < -0.39 is 0 Å². The van der Waals surface area contributed by atoms with Crippen molar-refractivity contribution in [3.05, 3.63) is 35.9 Å². The van der Waals surface area contributed by atoms with Crippen molar-refractivity contribution in [2.24, 2.45) is 5.73 Å². The van der Waals surface area contributed by atoms with Crippen LogP contribution < -0.4 is 5.73 Å². The maximum atomic E-state index is 6.08. The highest BCUT2D eigenvalue weighted by Crippen LogP contribution is 2.25. The van der Waals surface area contributed by atoms with E-state index in [-0.39, 0.29) is 0 Å². The van der Waals surface area contributed by atoms with E-state index in [1.165, 1.54) is 38.0 Å². The summed E-state index contributed by atoms with van der Waals surface area (Å²) in [7, 11) is 0. The summed E-state index contributed by atoms with van der Waals surface area (Å²) in [6, 6.07) is 12.6.